The molecule has 8 heteroatoms. The second-order valence-electron chi connectivity index (χ2n) is 5.33. The summed E-state index contributed by atoms with van der Waals surface area (Å²) >= 11 is 0. The number of nitrogens with two attached hydrogens (primary N) is 1. The van der Waals surface area contributed by atoms with Crippen LogP contribution in [0.4, 0.5) is 4.39 Å². The first-order valence-corrected chi connectivity index (χ1v) is 8.56. The van der Waals surface area contributed by atoms with Crippen LogP contribution < -0.4 is 5.73 Å². The summed E-state index contributed by atoms with van der Waals surface area (Å²) in [5.74, 6) is -0.662. The normalized spacial score (nSPS) is 18.8. The minimum Gasteiger partial charge on any atom is -0.340 e. The van der Waals surface area contributed by atoms with Crippen molar-refractivity contribution in [1.29, 1.82) is 0 Å². The van der Waals surface area contributed by atoms with Gasteiger partial charge in [0.05, 0.1) is 10.9 Å². The molecule has 1 unspecified atom stereocenters. The van der Waals surface area contributed by atoms with Crippen molar-refractivity contribution in [2.24, 2.45) is 5.73 Å². The van der Waals surface area contributed by atoms with Crippen LogP contribution in [-0.2, 0) is 14.8 Å². The fraction of sp³-hybridized carbons (Fsp3) is 0.500. The minimum absolute atomic E-state index is 0.0564. The van der Waals surface area contributed by atoms with Crippen molar-refractivity contribution in [3.63, 3.8) is 0 Å². The molecule has 1 aromatic carbocycles. The summed E-state index contributed by atoms with van der Waals surface area (Å²) in [6.45, 7) is 2.93. The molecular weight excluding hydrogens is 309 g/mol. The molecule has 1 saturated heterocycles. The zero-order valence-electron chi connectivity index (χ0n) is 12.4. The van der Waals surface area contributed by atoms with E-state index in [4.69, 9.17) is 5.73 Å². The molecule has 1 atom stereocenters. The molecule has 1 aromatic rings. The van der Waals surface area contributed by atoms with Gasteiger partial charge in [-0.1, -0.05) is 0 Å². The number of rotatable bonds is 3. The summed E-state index contributed by atoms with van der Waals surface area (Å²) in [5, 5.41) is 0. The minimum atomic E-state index is -3.67. The maximum Gasteiger partial charge on any atom is 0.243 e. The highest BCUT2D eigenvalue weighted by atomic mass is 32.2. The van der Waals surface area contributed by atoms with Crippen LogP contribution in [0.1, 0.15) is 13.3 Å². The molecule has 1 aliphatic rings. The molecule has 1 aliphatic heterocycles. The third kappa shape index (κ3) is 3.63. The zero-order chi connectivity index (χ0) is 16.3. The van der Waals surface area contributed by atoms with E-state index >= 15 is 0 Å². The predicted molar refractivity (Wildman–Crippen MR) is 80.0 cm³/mol. The highest BCUT2D eigenvalue weighted by molar-refractivity contribution is 7.89. The number of carbonyl (C=O) groups excluding carboxylic acids is 1. The van der Waals surface area contributed by atoms with Crippen molar-refractivity contribution >= 4 is 15.9 Å². The summed E-state index contributed by atoms with van der Waals surface area (Å²) in [5.41, 5.74) is 5.58. The number of amides is 1. The van der Waals surface area contributed by atoms with Crippen molar-refractivity contribution in [2.75, 3.05) is 26.2 Å². The topological polar surface area (TPSA) is 83.7 Å². The molecule has 2 N–H and O–H groups in total. The average molecular weight is 329 g/mol. The Morgan fingerprint density at radius 1 is 1.18 bits per heavy atom. The van der Waals surface area contributed by atoms with E-state index in [0.29, 0.717) is 26.1 Å². The highest BCUT2D eigenvalue weighted by Crippen LogP contribution is 2.18. The Morgan fingerprint density at radius 3 is 2.41 bits per heavy atom. The number of nitrogens with zero attached hydrogens (tertiary/aromatic N) is 2. The first-order chi connectivity index (χ1) is 10.3. The van der Waals surface area contributed by atoms with Gasteiger partial charge in [-0.15, -0.1) is 0 Å². The van der Waals surface area contributed by atoms with Gasteiger partial charge >= 0.3 is 0 Å². The number of sulfonamides is 1. The van der Waals surface area contributed by atoms with Gasteiger partial charge in [0.1, 0.15) is 5.82 Å². The van der Waals surface area contributed by atoms with Crippen LogP contribution in [0.5, 0.6) is 0 Å². The van der Waals surface area contributed by atoms with Crippen LogP contribution in [0, 0.1) is 5.82 Å². The number of halogens is 1. The molecule has 6 nitrogen and oxygen atoms in total. The second-order valence-corrected chi connectivity index (χ2v) is 7.26. The lowest BCUT2D eigenvalue weighted by atomic mass is 10.3. The molecule has 1 heterocycles. The van der Waals surface area contributed by atoms with E-state index < -0.39 is 21.9 Å². The maximum atomic E-state index is 12.9. The van der Waals surface area contributed by atoms with E-state index in [9.17, 15) is 17.6 Å². The zero-order valence-corrected chi connectivity index (χ0v) is 13.2. The van der Waals surface area contributed by atoms with E-state index in [0.717, 1.165) is 12.1 Å². The van der Waals surface area contributed by atoms with Gasteiger partial charge in [-0.05, 0) is 37.6 Å². The predicted octanol–water partition coefficient (Wildman–Crippen LogP) is 0.396. The van der Waals surface area contributed by atoms with Gasteiger partial charge in [0, 0.05) is 26.2 Å². The molecule has 22 heavy (non-hydrogen) atoms. The molecule has 1 amide bonds. The molecule has 122 valence electrons. The first-order valence-electron chi connectivity index (χ1n) is 7.12. The third-order valence-electron chi connectivity index (χ3n) is 3.61. The Bertz CT molecular complexity index is 631. The Balaban J connectivity index is 2.13. The smallest absolute Gasteiger partial charge is 0.243 e. The molecule has 0 radical (unpaired) electrons. The Morgan fingerprint density at radius 2 is 1.82 bits per heavy atom. The van der Waals surface area contributed by atoms with Crippen molar-refractivity contribution in [3.05, 3.63) is 30.1 Å². The first kappa shape index (κ1) is 16.9. The lowest BCUT2D eigenvalue weighted by Gasteiger charge is -2.23. The van der Waals surface area contributed by atoms with Gasteiger partial charge in [0.25, 0.3) is 0 Å². The fourth-order valence-corrected chi connectivity index (χ4v) is 3.87. The van der Waals surface area contributed by atoms with Gasteiger partial charge in [0.15, 0.2) is 0 Å². The van der Waals surface area contributed by atoms with Crippen LogP contribution in [-0.4, -0.2) is 55.8 Å². The molecule has 0 aromatic heterocycles. The van der Waals surface area contributed by atoms with Crippen molar-refractivity contribution in [2.45, 2.75) is 24.3 Å². The van der Waals surface area contributed by atoms with E-state index in [1.807, 2.05) is 0 Å². The van der Waals surface area contributed by atoms with E-state index in [1.54, 1.807) is 11.8 Å². The van der Waals surface area contributed by atoms with Crippen LogP contribution in [0.15, 0.2) is 29.2 Å². The molecule has 0 bridgehead atoms. The maximum absolute atomic E-state index is 12.9. The monoisotopic (exact) mass is 329 g/mol. The lowest BCUT2D eigenvalue weighted by molar-refractivity contribution is -0.132. The number of carbonyl (C=O) groups is 1. The van der Waals surface area contributed by atoms with Crippen molar-refractivity contribution in [3.8, 4) is 0 Å². The molecule has 0 aliphatic carbocycles. The standard InChI is InChI=1S/C14H20FN3O3S/c1-11(16)14(19)17-7-2-8-18(10-9-17)22(20,21)13-5-3-12(15)4-6-13/h3-6,11H,2,7-10,16H2,1H3. The van der Waals surface area contributed by atoms with Gasteiger partial charge in [-0.25, -0.2) is 12.8 Å². The van der Waals surface area contributed by atoms with Crippen molar-refractivity contribution < 1.29 is 17.6 Å². The van der Waals surface area contributed by atoms with E-state index in [2.05, 4.69) is 0 Å². The van der Waals surface area contributed by atoms with Gasteiger partial charge in [0.2, 0.25) is 15.9 Å². The van der Waals surface area contributed by atoms with Crippen LogP contribution in [0.3, 0.4) is 0 Å². The van der Waals surface area contributed by atoms with E-state index in [-0.39, 0.29) is 17.3 Å². The fourth-order valence-electron chi connectivity index (χ4n) is 2.40. The van der Waals surface area contributed by atoms with Gasteiger partial charge < -0.3 is 10.6 Å². The summed E-state index contributed by atoms with van der Waals surface area (Å²) in [6.07, 6.45) is 0.541. The summed E-state index contributed by atoms with van der Waals surface area (Å²) < 4.78 is 39.3. The number of benzene rings is 1. The van der Waals surface area contributed by atoms with Crippen LogP contribution in [0.2, 0.25) is 0 Å². The molecular formula is C14H20FN3O3S. The average Bonchev–Trinajstić information content (AvgIpc) is 2.73. The quantitative estimate of drug-likeness (QED) is 0.870. The van der Waals surface area contributed by atoms with Gasteiger partial charge in [-0.3, -0.25) is 4.79 Å². The molecule has 1 fully saturated rings. The molecule has 0 spiro atoms. The molecule has 0 saturated carbocycles. The second kappa shape index (κ2) is 6.72. The summed E-state index contributed by atoms with van der Waals surface area (Å²) in [6, 6.07) is 4.15. The van der Waals surface area contributed by atoms with Crippen LogP contribution >= 0.6 is 0 Å². The number of hydrogen-bond acceptors (Lipinski definition) is 4. The van der Waals surface area contributed by atoms with Crippen LogP contribution in [0.25, 0.3) is 0 Å². The Labute approximate surface area is 129 Å². The Kier molecular flexibility index (Phi) is 5.15. The SMILES string of the molecule is CC(N)C(=O)N1CCCN(S(=O)(=O)c2ccc(F)cc2)CC1. The summed E-state index contributed by atoms with van der Waals surface area (Å²) in [4.78, 5) is 13.6. The lowest BCUT2D eigenvalue weighted by Crippen LogP contribution is -2.44. The molecule has 2 rings (SSSR count). The number of hydrogen-bond donors (Lipinski definition) is 1. The van der Waals surface area contributed by atoms with Gasteiger partial charge in [-0.2, -0.15) is 4.31 Å². The van der Waals surface area contributed by atoms with E-state index in [1.165, 1.54) is 16.4 Å². The third-order valence-corrected chi connectivity index (χ3v) is 5.52. The Hall–Kier alpha value is -1.51. The summed E-state index contributed by atoms with van der Waals surface area (Å²) in [7, 11) is -3.67. The van der Waals surface area contributed by atoms with Crippen molar-refractivity contribution in [1.82, 2.24) is 9.21 Å². The largest absolute Gasteiger partial charge is 0.340 e. The highest BCUT2D eigenvalue weighted by Gasteiger charge is 2.28.